The van der Waals surface area contributed by atoms with Gasteiger partial charge in [0.2, 0.25) is 5.91 Å². The summed E-state index contributed by atoms with van der Waals surface area (Å²) in [7, 11) is 2.04. The fourth-order valence-corrected chi connectivity index (χ4v) is 4.18. The van der Waals surface area contributed by atoms with Gasteiger partial charge in [0.15, 0.2) is 0 Å². The fourth-order valence-electron chi connectivity index (χ4n) is 3.29. The summed E-state index contributed by atoms with van der Waals surface area (Å²) < 4.78 is 0. The Hall–Kier alpha value is -0.950. The van der Waals surface area contributed by atoms with Crippen LogP contribution in [0, 0.1) is 6.92 Å². The van der Waals surface area contributed by atoms with Crippen molar-refractivity contribution in [1.82, 2.24) is 15.1 Å². The first-order chi connectivity index (χ1) is 11.5. The van der Waals surface area contributed by atoms with Crippen LogP contribution in [-0.2, 0) is 11.3 Å². The van der Waals surface area contributed by atoms with Gasteiger partial charge in [0.05, 0.1) is 25.7 Å². The summed E-state index contributed by atoms with van der Waals surface area (Å²) in [5, 5.41) is 13.1. The quantitative estimate of drug-likeness (QED) is 0.749. The average Bonchev–Trinajstić information content (AvgIpc) is 3.00. The van der Waals surface area contributed by atoms with Crippen LogP contribution >= 0.6 is 11.3 Å². The van der Waals surface area contributed by atoms with Gasteiger partial charge in [0.25, 0.3) is 0 Å². The Morgan fingerprint density at radius 2 is 2.12 bits per heavy atom. The number of thiophene rings is 1. The molecule has 1 aliphatic heterocycles. The van der Waals surface area contributed by atoms with Crippen molar-refractivity contribution in [2.24, 2.45) is 0 Å². The van der Waals surface area contributed by atoms with Crippen LogP contribution < -0.4 is 5.32 Å². The van der Waals surface area contributed by atoms with Crippen molar-refractivity contribution in [2.45, 2.75) is 51.7 Å². The molecule has 1 aromatic heterocycles. The Labute approximate surface area is 149 Å². The molecule has 24 heavy (non-hydrogen) atoms. The predicted octanol–water partition coefficient (Wildman–Crippen LogP) is 1.84. The number of nitrogens with zero attached hydrogens (tertiary/aromatic N) is 2. The van der Waals surface area contributed by atoms with Crippen LogP contribution in [-0.4, -0.2) is 66.2 Å². The maximum Gasteiger partial charge on any atom is 0.237 e. The molecule has 1 fully saturated rings. The lowest BCUT2D eigenvalue weighted by atomic mass is 10.1. The Kier molecular flexibility index (Phi) is 7.68. The van der Waals surface area contributed by atoms with Crippen LogP contribution in [0.5, 0.6) is 0 Å². The van der Waals surface area contributed by atoms with Crippen LogP contribution in [0.15, 0.2) is 12.1 Å². The first-order valence-corrected chi connectivity index (χ1v) is 9.73. The molecule has 0 radical (unpaired) electrons. The normalized spacial score (nSPS) is 17.2. The van der Waals surface area contributed by atoms with Crippen molar-refractivity contribution in [3.8, 4) is 0 Å². The number of rotatable bonds is 8. The number of aryl methyl sites for hydroxylation is 1. The zero-order valence-corrected chi connectivity index (χ0v) is 15.9. The third-order valence-electron chi connectivity index (χ3n) is 4.88. The number of piperidine rings is 1. The van der Waals surface area contributed by atoms with Crippen molar-refractivity contribution in [2.75, 3.05) is 33.3 Å². The highest BCUT2D eigenvalue weighted by Gasteiger charge is 2.26. The Morgan fingerprint density at radius 1 is 1.42 bits per heavy atom. The summed E-state index contributed by atoms with van der Waals surface area (Å²) in [5.41, 5.74) is 0. The first-order valence-electron chi connectivity index (χ1n) is 8.91. The van der Waals surface area contributed by atoms with E-state index in [0.717, 1.165) is 32.4 Å². The van der Waals surface area contributed by atoms with Gasteiger partial charge >= 0.3 is 0 Å². The SMILES string of the molecule is CC[C@@H](CO)N(Cc1ccc(C)s1)C(=O)CN(C)C1CCNCC1. The smallest absolute Gasteiger partial charge is 0.237 e. The number of aliphatic hydroxyl groups is 1. The third-order valence-corrected chi connectivity index (χ3v) is 5.87. The van der Waals surface area contributed by atoms with E-state index in [1.807, 2.05) is 18.9 Å². The van der Waals surface area contributed by atoms with Crippen molar-refractivity contribution in [1.29, 1.82) is 0 Å². The molecule has 0 aliphatic carbocycles. The second kappa shape index (κ2) is 9.51. The van der Waals surface area contributed by atoms with Gasteiger partial charge in [0.1, 0.15) is 0 Å². The van der Waals surface area contributed by atoms with Crippen molar-refractivity contribution in [3.63, 3.8) is 0 Å². The van der Waals surface area contributed by atoms with Crippen LogP contribution in [0.4, 0.5) is 0 Å². The monoisotopic (exact) mass is 353 g/mol. The molecular weight excluding hydrogens is 322 g/mol. The predicted molar refractivity (Wildman–Crippen MR) is 99.3 cm³/mol. The number of aliphatic hydroxyl groups excluding tert-OH is 1. The lowest BCUT2D eigenvalue weighted by Crippen LogP contribution is -2.49. The summed E-state index contributed by atoms with van der Waals surface area (Å²) in [6, 6.07) is 4.53. The fraction of sp³-hybridized carbons (Fsp3) is 0.722. The van der Waals surface area contributed by atoms with Gasteiger partial charge in [-0.1, -0.05) is 6.92 Å². The molecule has 5 nitrogen and oxygen atoms in total. The standard InChI is InChI=1S/C18H31N3O2S/c1-4-15(13-22)21(11-17-6-5-14(2)24-17)18(23)12-20(3)16-7-9-19-10-8-16/h5-6,15-16,19,22H,4,7-13H2,1-3H3/t15-/m0/s1. The Morgan fingerprint density at radius 3 is 2.67 bits per heavy atom. The van der Waals surface area contributed by atoms with Gasteiger partial charge in [-0.15, -0.1) is 11.3 Å². The van der Waals surface area contributed by atoms with Gasteiger partial charge in [-0.3, -0.25) is 9.69 Å². The number of hydrogen-bond donors (Lipinski definition) is 2. The molecule has 2 heterocycles. The Balaban J connectivity index is 2.02. The second-order valence-electron chi connectivity index (χ2n) is 6.67. The highest BCUT2D eigenvalue weighted by Crippen LogP contribution is 2.20. The van der Waals surface area contributed by atoms with Crippen LogP contribution in [0.2, 0.25) is 0 Å². The number of nitrogens with one attached hydrogen (secondary N) is 1. The summed E-state index contributed by atoms with van der Waals surface area (Å²) >= 11 is 1.72. The number of carbonyl (C=O) groups is 1. The van der Waals surface area contributed by atoms with E-state index >= 15 is 0 Å². The maximum absolute atomic E-state index is 12.9. The van der Waals surface area contributed by atoms with Crippen molar-refractivity contribution in [3.05, 3.63) is 21.9 Å². The molecule has 2 N–H and O–H groups in total. The van der Waals surface area contributed by atoms with Gasteiger partial charge in [-0.2, -0.15) is 0 Å². The van der Waals surface area contributed by atoms with E-state index in [-0.39, 0.29) is 18.6 Å². The molecule has 136 valence electrons. The molecular formula is C18H31N3O2S. The molecule has 2 rings (SSSR count). The zero-order valence-electron chi connectivity index (χ0n) is 15.1. The summed E-state index contributed by atoms with van der Waals surface area (Å²) in [6.45, 7) is 7.18. The minimum atomic E-state index is -0.110. The van der Waals surface area contributed by atoms with Gasteiger partial charge in [0, 0.05) is 15.8 Å². The van der Waals surface area contributed by atoms with E-state index in [4.69, 9.17) is 0 Å². The second-order valence-corrected chi connectivity index (χ2v) is 8.05. The maximum atomic E-state index is 12.9. The molecule has 0 bridgehead atoms. The van der Waals surface area contributed by atoms with Gasteiger partial charge < -0.3 is 15.3 Å². The summed E-state index contributed by atoms with van der Waals surface area (Å²) in [6.07, 6.45) is 2.94. The minimum absolute atomic E-state index is 0.0175. The topological polar surface area (TPSA) is 55.8 Å². The lowest BCUT2D eigenvalue weighted by molar-refractivity contribution is -0.136. The molecule has 6 heteroatoms. The molecule has 0 saturated carbocycles. The lowest BCUT2D eigenvalue weighted by Gasteiger charge is -2.35. The summed E-state index contributed by atoms with van der Waals surface area (Å²) in [4.78, 5) is 19.4. The van der Waals surface area contributed by atoms with Crippen molar-refractivity contribution >= 4 is 17.2 Å². The summed E-state index contributed by atoms with van der Waals surface area (Å²) in [5.74, 6) is 0.114. The van der Waals surface area contributed by atoms with Crippen LogP contribution in [0.25, 0.3) is 0 Å². The average molecular weight is 354 g/mol. The number of likely N-dealkylation sites (N-methyl/N-ethyl adjacent to an activating group) is 1. The van der Waals surface area contributed by atoms with E-state index < -0.39 is 0 Å². The molecule has 1 aromatic rings. The highest BCUT2D eigenvalue weighted by atomic mass is 32.1. The number of hydrogen-bond acceptors (Lipinski definition) is 5. The Bertz CT molecular complexity index is 510. The van der Waals surface area contributed by atoms with E-state index in [2.05, 4.69) is 29.3 Å². The molecule has 0 aromatic carbocycles. The van der Waals surface area contributed by atoms with Gasteiger partial charge in [-0.05, 0) is 58.5 Å². The van der Waals surface area contributed by atoms with Crippen LogP contribution in [0.3, 0.4) is 0 Å². The van der Waals surface area contributed by atoms with E-state index in [9.17, 15) is 9.90 Å². The van der Waals surface area contributed by atoms with Gasteiger partial charge in [-0.25, -0.2) is 0 Å². The molecule has 1 atom stereocenters. The minimum Gasteiger partial charge on any atom is -0.394 e. The molecule has 1 saturated heterocycles. The molecule has 1 amide bonds. The van der Waals surface area contributed by atoms with E-state index in [1.54, 1.807) is 11.3 Å². The third kappa shape index (κ3) is 5.28. The van der Waals surface area contributed by atoms with Crippen molar-refractivity contribution < 1.29 is 9.90 Å². The number of amides is 1. The molecule has 0 unspecified atom stereocenters. The largest absolute Gasteiger partial charge is 0.394 e. The number of carbonyl (C=O) groups excluding carboxylic acids is 1. The van der Waals surface area contributed by atoms with Crippen LogP contribution in [0.1, 0.15) is 35.9 Å². The molecule has 0 spiro atoms. The van der Waals surface area contributed by atoms with E-state index in [1.165, 1.54) is 9.75 Å². The molecule has 1 aliphatic rings. The van der Waals surface area contributed by atoms with E-state index in [0.29, 0.717) is 19.1 Å². The zero-order chi connectivity index (χ0) is 17.5. The highest BCUT2D eigenvalue weighted by molar-refractivity contribution is 7.11. The first kappa shape index (κ1) is 19.4.